The zero-order valence-electron chi connectivity index (χ0n) is 10.8. The van der Waals surface area contributed by atoms with Gasteiger partial charge in [-0.05, 0) is 25.0 Å². The fourth-order valence-electron chi connectivity index (χ4n) is 2.41. The molecule has 1 saturated carbocycles. The predicted octanol–water partition coefficient (Wildman–Crippen LogP) is 3.76. The van der Waals surface area contributed by atoms with Gasteiger partial charge in [0, 0.05) is 11.8 Å². The van der Waals surface area contributed by atoms with E-state index in [0.717, 1.165) is 16.7 Å². The molecule has 0 saturated heterocycles. The first-order chi connectivity index (χ1) is 9.38. The second kappa shape index (κ2) is 5.65. The molecular weight excluding hydrogens is 258 g/mol. The van der Waals surface area contributed by atoms with Crippen LogP contribution in [0.5, 0.6) is 0 Å². The van der Waals surface area contributed by atoms with Crippen LogP contribution in [0.1, 0.15) is 25.7 Å². The zero-order chi connectivity index (χ0) is 13.1. The third-order valence-corrected chi connectivity index (χ3v) is 4.66. The first kappa shape index (κ1) is 12.5. The highest BCUT2D eigenvalue weighted by Gasteiger charge is 2.21. The maximum Gasteiger partial charge on any atom is 0.200 e. The van der Waals surface area contributed by atoms with Crippen LogP contribution < -0.4 is 0 Å². The number of nitrogens with zero attached hydrogens (tertiary/aromatic N) is 3. The van der Waals surface area contributed by atoms with E-state index in [1.165, 1.54) is 25.7 Å². The molecule has 4 nitrogen and oxygen atoms in total. The van der Waals surface area contributed by atoms with E-state index in [-0.39, 0.29) is 0 Å². The number of thioether (sulfide) groups is 1. The molecule has 19 heavy (non-hydrogen) atoms. The van der Waals surface area contributed by atoms with Crippen molar-refractivity contribution in [3.05, 3.63) is 31.1 Å². The Labute approximate surface area is 116 Å². The highest BCUT2D eigenvalue weighted by molar-refractivity contribution is 7.99. The number of aromatic nitrogens is 3. The minimum atomic E-state index is 0.678. The van der Waals surface area contributed by atoms with Gasteiger partial charge in [0.2, 0.25) is 5.82 Å². The number of hydrogen-bond donors (Lipinski definition) is 0. The van der Waals surface area contributed by atoms with Crippen molar-refractivity contribution in [3.63, 3.8) is 0 Å². The van der Waals surface area contributed by atoms with Crippen LogP contribution in [0.15, 0.2) is 40.6 Å². The van der Waals surface area contributed by atoms with Gasteiger partial charge in [-0.3, -0.25) is 4.57 Å². The summed E-state index contributed by atoms with van der Waals surface area (Å²) in [5.41, 5.74) is 0. The van der Waals surface area contributed by atoms with E-state index in [2.05, 4.69) is 21.3 Å². The second-order valence-electron chi connectivity index (χ2n) is 4.71. The van der Waals surface area contributed by atoms with Gasteiger partial charge in [0.05, 0.1) is 6.26 Å². The first-order valence-corrected chi connectivity index (χ1v) is 7.51. The highest BCUT2D eigenvalue weighted by atomic mass is 32.2. The lowest BCUT2D eigenvalue weighted by molar-refractivity contribution is 0.569. The summed E-state index contributed by atoms with van der Waals surface area (Å²) in [5.74, 6) is 1.54. The van der Waals surface area contributed by atoms with E-state index in [0.29, 0.717) is 11.8 Å². The average molecular weight is 275 g/mol. The van der Waals surface area contributed by atoms with Crippen LogP contribution in [0.25, 0.3) is 11.6 Å². The molecule has 1 aliphatic carbocycles. The summed E-state index contributed by atoms with van der Waals surface area (Å²) in [5, 5.41) is 10.2. The standard InChI is InChI=1S/C14H17N3OS/c1-2-9-17-13(12-8-5-10-18-12)15-16-14(17)19-11-6-3-4-7-11/h2,5,8,10-11H,1,3-4,6-7,9H2. The second-order valence-corrected chi connectivity index (χ2v) is 5.97. The minimum Gasteiger partial charge on any atom is -0.461 e. The Morgan fingerprint density at radius 2 is 2.26 bits per heavy atom. The van der Waals surface area contributed by atoms with Crippen molar-refractivity contribution in [3.8, 4) is 11.6 Å². The molecule has 0 N–H and O–H groups in total. The molecule has 2 aromatic heterocycles. The first-order valence-electron chi connectivity index (χ1n) is 6.63. The molecule has 1 fully saturated rings. The molecule has 0 unspecified atom stereocenters. The summed E-state index contributed by atoms with van der Waals surface area (Å²) >= 11 is 1.84. The normalized spacial score (nSPS) is 16.0. The molecule has 5 heteroatoms. The Kier molecular flexibility index (Phi) is 3.73. The SMILES string of the molecule is C=CCn1c(SC2CCCC2)nnc1-c1ccco1. The smallest absolute Gasteiger partial charge is 0.200 e. The largest absolute Gasteiger partial charge is 0.461 e. The van der Waals surface area contributed by atoms with Crippen LogP contribution in [0.3, 0.4) is 0 Å². The van der Waals surface area contributed by atoms with Gasteiger partial charge in [-0.15, -0.1) is 16.8 Å². The summed E-state index contributed by atoms with van der Waals surface area (Å²) in [6, 6.07) is 3.78. The topological polar surface area (TPSA) is 43.9 Å². The summed E-state index contributed by atoms with van der Waals surface area (Å²) < 4.78 is 7.50. The molecule has 3 rings (SSSR count). The van der Waals surface area contributed by atoms with Crippen LogP contribution in [0, 0.1) is 0 Å². The molecule has 2 aromatic rings. The number of furan rings is 1. The van der Waals surface area contributed by atoms with Gasteiger partial charge < -0.3 is 4.42 Å². The molecule has 0 spiro atoms. The van der Waals surface area contributed by atoms with E-state index >= 15 is 0 Å². The Morgan fingerprint density at radius 3 is 2.95 bits per heavy atom. The van der Waals surface area contributed by atoms with Gasteiger partial charge in [-0.1, -0.05) is 30.7 Å². The van der Waals surface area contributed by atoms with Gasteiger partial charge in [-0.2, -0.15) is 0 Å². The molecule has 0 aliphatic heterocycles. The lowest BCUT2D eigenvalue weighted by atomic mass is 10.4. The quantitative estimate of drug-likeness (QED) is 0.779. The van der Waals surface area contributed by atoms with Gasteiger partial charge in [-0.25, -0.2) is 0 Å². The molecule has 2 heterocycles. The maximum absolute atomic E-state index is 5.42. The van der Waals surface area contributed by atoms with Crippen molar-refractivity contribution >= 4 is 11.8 Å². The Morgan fingerprint density at radius 1 is 1.42 bits per heavy atom. The van der Waals surface area contributed by atoms with Crippen LogP contribution in [-0.4, -0.2) is 20.0 Å². The van der Waals surface area contributed by atoms with E-state index in [1.54, 1.807) is 6.26 Å². The lowest BCUT2D eigenvalue weighted by Gasteiger charge is -2.09. The average Bonchev–Trinajstić information content (AvgIpc) is 3.12. The van der Waals surface area contributed by atoms with Crippen LogP contribution in [-0.2, 0) is 6.54 Å². The van der Waals surface area contributed by atoms with E-state index in [1.807, 2.05) is 30.0 Å². The number of hydrogen-bond acceptors (Lipinski definition) is 4. The lowest BCUT2D eigenvalue weighted by Crippen LogP contribution is -2.03. The summed E-state index contributed by atoms with van der Waals surface area (Å²) in [4.78, 5) is 0. The third kappa shape index (κ3) is 2.61. The van der Waals surface area contributed by atoms with Crippen LogP contribution in [0.4, 0.5) is 0 Å². The molecular formula is C14H17N3OS. The van der Waals surface area contributed by atoms with E-state index in [9.17, 15) is 0 Å². The molecule has 0 radical (unpaired) electrons. The monoisotopic (exact) mass is 275 g/mol. The Balaban J connectivity index is 1.89. The molecule has 0 amide bonds. The number of rotatable bonds is 5. The van der Waals surface area contributed by atoms with Crippen molar-refractivity contribution in [1.82, 2.24) is 14.8 Å². The van der Waals surface area contributed by atoms with Gasteiger partial charge in [0.25, 0.3) is 0 Å². The maximum atomic E-state index is 5.42. The summed E-state index contributed by atoms with van der Waals surface area (Å²) in [6.07, 6.45) is 8.75. The summed E-state index contributed by atoms with van der Waals surface area (Å²) in [7, 11) is 0. The van der Waals surface area contributed by atoms with Crippen molar-refractivity contribution in [2.24, 2.45) is 0 Å². The van der Waals surface area contributed by atoms with Gasteiger partial charge >= 0.3 is 0 Å². The molecule has 1 aliphatic rings. The Bertz CT molecular complexity index is 541. The van der Waals surface area contributed by atoms with E-state index < -0.39 is 0 Å². The van der Waals surface area contributed by atoms with Crippen molar-refractivity contribution < 1.29 is 4.42 Å². The Hall–Kier alpha value is -1.49. The summed E-state index contributed by atoms with van der Waals surface area (Å²) in [6.45, 7) is 4.52. The number of allylic oxidation sites excluding steroid dienone is 1. The highest BCUT2D eigenvalue weighted by Crippen LogP contribution is 2.35. The van der Waals surface area contributed by atoms with E-state index in [4.69, 9.17) is 4.42 Å². The minimum absolute atomic E-state index is 0.678. The van der Waals surface area contributed by atoms with Gasteiger partial charge in [0.1, 0.15) is 0 Å². The molecule has 100 valence electrons. The third-order valence-electron chi connectivity index (χ3n) is 3.34. The van der Waals surface area contributed by atoms with Crippen molar-refractivity contribution in [1.29, 1.82) is 0 Å². The van der Waals surface area contributed by atoms with Crippen LogP contribution in [0.2, 0.25) is 0 Å². The fourth-order valence-corrected chi connectivity index (χ4v) is 3.66. The molecule has 0 aromatic carbocycles. The van der Waals surface area contributed by atoms with Crippen molar-refractivity contribution in [2.45, 2.75) is 42.6 Å². The van der Waals surface area contributed by atoms with Gasteiger partial charge in [0.15, 0.2) is 10.9 Å². The fraction of sp³-hybridized carbons (Fsp3) is 0.429. The zero-order valence-corrected chi connectivity index (χ0v) is 11.6. The molecule has 0 bridgehead atoms. The molecule has 0 atom stereocenters. The predicted molar refractivity (Wildman–Crippen MR) is 76.0 cm³/mol. The van der Waals surface area contributed by atoms with Crippen molar-refractivity contribution in [2.75, 3.05) is 0 Å². The van der Waals surface area contributed by atoms with Crippen LogP contribution >= 0.6 is 11.8 Å².